The van der Waals surface area contributed by atoms with E-state index in [4.69, 9.17) is 4.74 Å². The standard InChI is InChI=1S/C10H10O2.C9H8O/c1-12-10-7-3-2-5-9(10)6-4-8-11;10-8-4-7-9-5-2-1-3-6-9/h2-8H,1H3;1-8H/b6-4+;7-4+. The molecule has 0 aliphatic rings. The third-order valence-electron chi connectivity index (χ3n) is 2.66. The second-order valence-corrected chi connectivity index (χ2v) is 4.14. The van der Waals surface area contributed by atoms with Gasteiger partial charge in [-0.05, 0) is 29.9 Å². The Kier molecular flexibility index (Phi) is 8.40. The Balaban J connectivity index is 0.000000224. The molecule has 0 bridgehead atoms. The van der Waals surface area contributed by atoms with Crippen molar-refractivity contribution in [3.05, 3.63) is 77.9 Å². The summed E-state index contributed by atoms with van der Waals surface area (Å²) in [5.41, 5.74) is 1.96. The molecular weight excluding hydrogens is 276 g/mol. The first-order chi connectivity index (χ1) is 10.8. The highest BCUT2D eigenvalue weighted by Gasteiger charge is 1.94. The molecule has 0 radical (unpaired) electrons. The molecule has 112 valence electrons. The van der Waals surface area contributed by atoms with Crippen LogP contribution in [0, 0.1) is 0 Å². The lowest BCUT2D eigenvalue weighted by Gasteiger charge is -2.02. The van der Waals surface area contributed by atoms with Crippen LogP contribution in [0.15, 0.2) is 66.7 Å². The van der Waals surface area contributed by atoms with Gasteiger partial charge in [0.05, 0.1) is 7.11 Å². The fourth-order valence-electron chi connectivity index (χ4n) is 1.66. The fraction of sp³-hybridized carbons (Fsp3) is 0.0526. The minimum Gasteiger partial charge on any atom is -0.496 e. The first-order valence-corrected chi connectivity index (χ1v) is 6.73. The van der Waals surface area contributed by atoms with Crippen molar-refractivity contribution >= 4 is 24.7 Å². The van der Waals surface area contributed by atoms with Crippen molar-refractivity contribution in [2.24, 2.45) is 0 Å². The Bertz CT molecular complexity index is 628. The lowest BCUT2D eigenvalue weighted by atomic mass is 10.2. The number of aldehydes is 2. The lowest BCUT2D eigenvalue weighted by Crippen LogP contribution is -1.85. The molecule has 0 aliphatic carbocycles. The number of hydrogen-bond acceptors (Lipinski definition) is 3. The van der Waals surface area contributed by atoms with Crippen LogP contribution in [0.4, 0.5) is 0 Å². The molecule has 0 heterocycles. The maximum Gasteiger partial charge on any atom is 0.142 e. The third kappa shape index (κ3) is 6.48. The molecule has 0 aromatic heterocycles. The maximum absolute atomic E-state index is 10.1. The highest BCUT2D eigenvalue weighted by molar-refractivity contribution is 5.75. The minimum atomic E-state index is 0.742. The van der Waals surface area contributed by atoms with Gasteiger partial charge in [-0.1, -0.05) is 54.6 Å². The van der Waals surface area contributed by atoms with Gasteiger partial charge in [-0.2, -0.15) is 0 Å². The molecule has 2 aromatic carbocycles. The first kappa shape index (κ1) is 17.1. The molecule has 0 spiro atoms. The molecule has 0 N–H and O–H groups in total. The summed E-state index contributed by atoms with van der Waals surface area (Å²) in [5.74, 6) is 0.774. The van der Waals surface area contributed by atoms with E-state index in [-0.39, 0.29) is 0 Å². The Hall–Kier alpha value is -2.94. The van der Waals surface area contributed by atoms with Crippen LogP contribution >= 0.6 is 0 Å². The molecule has 3 nitrogen and oxygen atoms in total. The van der Waals surface area contributed by atoms with E-state index in [1.807, 2.05) is 54.6 Å². The van der Waals surface area contributed by atoms with Gasteiger partial charge in [-0.3, -0.25) is 9.59 Å². The Labute approximate surface area is 130 Å². The van der Waals surface area contributed by atoms with Crippen molar-refractivity contribution in [1.29, 1.82) is 0 Å². The van der Waals surface area contributed by atoms with Crippen LogP contribution < -0.4 is 4.74 Å². The van der Waals surface area contributed by atoms with E-state index in [9.17, 15) is 9.59 Å². The normalized spacial score (nSPS) is 10.0. The van der Waals surface area contributed by atoms with E-state index in [2.05, 4.69) is 0 Å². The molecule has 22 heavy (non-hydrogen) atoms. The maximum atomic E-state index is 10.1. The van der Waals surface area contributed by atoms with Crippen LogP contribution in [-0.2, 0) is 9.59 Å². The third-order valence-corrected chi connectivity index (χ3v) is 2.66. The van der Waals surface area contributed by atoms with Crippen molar-refractivity contribution in [3.63, 3.8) is 0 Å². The number of hydrogen-bond donors (Lipinski definition) is 0. The molecule has 3 heteroatoms. The van der Waals surface area contributed by atoms with E-state index in [0.717, 1.165) is 29.4 Å². The van der Waals surface area contributed by atoms with Gasteiger partial charge in [0.15, 0.2) is 0 Å². The topological polar surface area (TPSA) is 43.4 Å². The SMILES string of the molecule is COc1ccccc1/C=C/C=O.O=C/C=C/c1ccccc1. The zero-order chi connectivity index (χ0) is 16.0. The quantitative estimate of drug-likeness (QED) is 0.622. The number of ether oxygens (including phenoxy) is 1. The predicted octanol–water partition coefficient (Wildman–Crippen LogP) is 3.81. The highest BCUT2D eigenvalue weighted by atomic mass is 16.5. The van der Waals surface area contributed by atoms with E-state index in [0.29, 0.717) is 0 Å². The Morgan fingerprint density at radius 1 is 0.773 bits per heavy atom. The lowest BCUT2D eigenvalue weighted by molar-refractivity contribution is -0.104. The summed E-state index contributed by atoms with van der Waals surface area (Å²) in [7, 11) is 1.60. The van der Waals surface area contributed by atoms with Gasteiger partial charge in [-0.25, -0.2) is 0 Å². The fourth-order valence-corrected chi connectivity index (χ4v) is 1.66. The molecule has 2 aromatic rings. The average Bonchev–Trinajstić information content (AvgIpc) is 2.60. The first-order valence-electron chi connectivity index (χ1n) is 6.73. The van der Waals surface area contributed by atoms with E-state index in [1.54, 1.807) is 19.3 Å². The van der Waals surface area contributed by atoms with Gasteiger partial charge in [0.1, 0.15) is 18.3 Å². The van der Waals surface area contributed by atoms with Gasteiger partial charge in [0, 0.05) is 5.56 Å². The van der Waals surface area contributed by atoms with Gasteiger partial charge >= 0.3 is 0 Å². The van der Waals surface area contributed by atoms with Crippen LogP contribution in [0.3, 0.4) is 0 Å². The summed E-state index contributed by atoms with van der Waals surface area (Å²) < 4.78 is 5.08. The summed E-state index contributed by atoms with van der Waals surface area (Å²) >= 11 is 0. The van der Waals surface area contributed by atoms with Gasteiger partial charge < -0.3 is 4.74 Å². The number of benzene rings is 2. The predicted molar refractivity (Wildman–Crippen MR) is 89.6 cm³/mol. The Morgan fingerprint density at radius 3 is 2.00 bits per heavy atom. The largest absolute Gasteiger partial charge is 0.496 e. The van der Waals surface area contributed by atoms with Crippen LogP contribution in [-0.4, -0.2) is 19.7 Å². The summed E-state index contributed by atoms with van der Waals surface area (Å²) in [6, 6.07) is 17.2. The number of para-hydroxylation sites is 1. The number of carbonyl (C=O) groups is 2. The van der Waals surface area contributed by atoms with Gasteiger partial charge in [-0.15, -0.1) is 0 Å². The molecular formula is C19H18O3. The molecule has 0 saturated heterocycles. The van der Waals surface area contributed by atoms with Crippen LogP contribution in [0.5, 0.6) is 5.75 Å². The highest BCUT2D eigenvalue weighted by Crippen LogP contribution is 2.18. The second kappa shape index (κ2) is 10.8. The van der Waals surface area contributed by atoms with Crippen LogP contribution in [0.1, 0.15) is 11.1 Å². The summed E-state index contributed by atoms with van der Waals surface area (Å²) in [5, 5.41) is 0. The molecule has 0 unspecified atom stereocenters. The zero-order valence-electron chi connectivity index (χ0n) is 12.4. The van der Waals surface area contributed by atoms with Crippen LogP contribution in [0.2, 0.25) is 0 Å². The average molecular weight is 294 g/mol. The summed E-state index contributed by atoms with van der Waals surface area (Å²) in [4.78, 5) is 19.9. The minimum absolute atomic E-state index is 0.742. The number of methoxy groups -OCH3 is 1. The van der Waals surface area contributed by atoms with E-state index >= 15 is 0 Å². The van der Waals surface area contributed by atoms with Crippen molar-refractivity contribution in [1.82, 2.24) is 0 Å². The summed E-state index contributed by atoms with van der Waals surface area (Å²) in [6.07, 6.45) is 7.92. The molecule has 0 amide bonds. The second-order valence-electron chi connectivity index (χ2n) is 4.14. The molecule has 0 saturated carbocycles. The van der Waals surface area contributed by atoms with E-state index < -0.39 is 0 Å². The van der Waals surface area contributed by atoms with Gasteiger partial charge in [0.25, 0.3) is 0 Å². The van der Waals surface area contributed by atoms with Crippen molar-refractivity contribution in [2.75, 3.05) is 7.11 Å². The van der Waals surface area contributed by atoms with Gasteiger partial charge in [0.2, 0.25) is 0 Å². The summed E-state index contributed by atoms with van der Waals surface area (Å²) in [6.45, 7) is 0. The number of carbonyl (C=O) groups excluding carboxylic acids is 2. The van der Waals surface area contributed by atoms with E-state index in [1.165, 1.54) is 12.2 Å². The zero-order valence-corrected chi connectivity index (χ0v) is 12.4. The molecule has 0 aliphatic heterocycles. The van der Waals surface area contributed by atoms with Crippen molar-refractivity contribution < 1.29 is 14.3 Å². The van der Waals surface area contributed by atoms with Crippen LogP contribution in [0.25, 0.3) is 12.2 Å². The molecule has 0 atom stereocenters. The monoisotopic (exact) mass is 294 g/mol. The van der Waals surface area contributed by atoms with Crippen molar-refractivity contribution in [3.8, 4) is 5.75 Å². The smallest absolute Gasteiger partial charge is 0.142 e. The Morgan fingerprint density at radius 2 is 1.36 bits per heavy atom. The molecule has 0 fully saturated rings. The van der Waals surface area contributed by atoms with Crippen molar-refractivity contribution in [2.45, 2.75) is 0 Å². The molecule has 2 rings (SSSR count). The number of allylic oxidation sites excluding steroid dienone is 2. The number of rotatable bonds is 5.